The maximum atomic E-state index is 12.3. The van der Waals surface area contributed by atoms with Crippen molar-refractivity contribution in [1.82, 2.24) is 0 Å². The molecular formula is C15H20BrNO. The maximum absolute atomic E-state index is 12.3. The van der Waals surface area contributed by atoms with E-state index >= 15 is 0 Å². The van der Waals surface area contributed by atoms with E-state index in [-0.39, 0.29) is 22.7 Å². The molecule has 98 valence electrons. The summed E-state index contributed by atoms with van der Waals surface area (Å²) in [6.45, 7) is 10.6. The predicted molar refractivity (Wildman–Crippen MR) is 78.6 cm³/mol. The number of aryl methyl sites for hydroxylation is 1. The van der Waals surface area contributed by atoms with Gasteiger partial charge >= 0.3 is 0 Å². The van der Waals surface area contributed by atoms with Crippen molar-refractivity contribution in [2.45, 2.75) is 34.6 Å². The van der Waals surface area contributed by atoms with Gasteiger partial charge in [-0.2, -0.15) is 0 Å². The molecule has 1 aliphatic carbocycles. The van der Waals surface area contributed by atoms with Crippen LogP contribution in [0.1, 0.15) is 33.3 Å². The lowest BCUT2D eigenvalue weighted by atomic mass is 10.0. The first kappa shape index (κ1) is 13.6. The molecule has 0 bridgehead atoms. The van der Waals surface area contributed by atoms with Gasteiger partial charge in [-0.25, -0.2) is 0 Å². The molecular weight excluding hydrogens is 290 g/mol. The third-order valence-electron chi connectivity index (χ3n) is 4.59. The van der Waals surface area contributed by atoms with Crippen molar-refractivity contribution in [3.63, 3.8) is 0 Å². The normalized spacial score (nSPS) is 20.6. The first-order valence-electron chi connectivity index (χ1n) is 6.24. The number of carbonyl (C=O) groups excluding carboxylic acids is 1. The first-order chi connectivity index (χ1) is 8.16. The van der Waals surface area contributed by atoms with Gasteiger partial charge in [-0.3, -0.25) is 4.79 Å². The van der Waals surface area contributed by atoms with Crippen molar-refractivity contribution >= 4 is 27.5 Å². The monoisotopic (exact) mass is 309 g/mol. The van der Waals surface area contributed by atoms with Crippen LogP contribution in [0.25, 0.3) is 0 Å². The molecule has 0 saturated heterocycles. The van der Waals surface area contributed by atoms with Crippen molar-refractivity contribution in [3.05, 3.63) is 28.2 Å². The largest absolute Gasteiger partial charge is 0.326 e. The summed E-state index contributed by atoms with van der Waals surface area (Å²) in [5.74, 6) is 0.215. The number of hydrogen-bond acceptors (Lipinski definition) is 1. The quantitative estimate of drug-likeness (QED) is 0.863. The van der Waals surface area contributed by atoms with Gasteiger partial charge < -0.3 is 5.32 Å². The van der Waals surface area contributed by atoms with Crippen LogP contribution in [-0.2, 0) is 4.79 Å². The maximum Gasteiger partial charge on any atom is 0.228 e. The van der Waals surface area contributed by atoms with Crippen LogP contribution in [0.5, 0.6) is 0 Å². The number of rotatable bonds is 2. The highest BCUT2D eigenvalue weighted by Gasteiger charge is 2.68. The molecule has 0 unspecified atom stereocenters. The molecule has 0 aromatic heterocycles. The molecule has 1 aliphatic rings. The molecule has 1 fully saturated rings. The highest BCUT2D eigenvalue weighted by Crippen LogP contribution is 2.68. The standard InChI is InChI=1S/C15H20BrNO/c1-9-6-10(16)8-11(7-9)17-13(18)12-14(2,3)15(12,4)5/h6-8,12H,1-5H3,(H,17,18). The molecule has 1 saturated carbocycles. The van der Waals surface area contributed by atoms with Gasteiger partial charge in [-0.05, 0) is 41.5 Å². The van der Waals surface area contributed by atoms with E-state index in [1.54, 1.807) is 0 Å². The summed E-state index contributed by atoms with van der Waals surface area (Å²) in [4.78, 5) is 12.3. The van der Waals surface area contributed by atoms with Gasteiger partial charge in [0, 0.05) is 16.1 Å². The fourth-order valence-electron chi connectivity index (χ4n) is 2.87. The number of hydrogen-bond donors (Lipinski definition) is 1. The second-order valence-electron chi connectivity index (χ2n) is 6.38. The minimum Gasteiger partial charge on any atom is -0.326 e. The van der Waals surface area contributed by atoms with E-state index in [0.29, 0.717) is 0 Å². The second kappa shape index (κ2) is 4.09. The van der Waals surface area contributed by atoms with Gasteiger partial charge in [-0.15, -0.1) is 0 Å². The Morgan fingerprint density at radius 1 is 1.17 bits per heavy atom. The summed E-state index contributed by atoms with van der Waals surface area (Å²) in [7, 11) is 0. The molecule has 0 heterocycles. The highest BCUT2D eigenvalue weighted by molar-refractivity contribution is 9.10. The lowest BCUT2D eigenvalue weighted by Gasteiger charge is -2.08. The van der Waals surface area contributed by atoms with Crippen LogP contribution in [0.3, 0.4) is 0 Å². The zero-order valence-electron chi connectivity index (χ0n) is 11.6. The molecule has 1 aromatic rings. The second-order valence-corrected chi connectivity index (χ2v) is 7.30. The summed E-state index contributed by atoms with van der Waals surface area (Å²) in [6.07, 6.45) is 0. The minimum atomic E-state index is 0.0815. The van der Waals surface area contributed by atoms with Crippen LogP contribution >= 0.6 is 15.9 Å². The fraction of sp³-hybridized carbons (Fsp3) is 0.533. The number of amides is 1. The number of carbonyl (C=O) groups is 1. The van der Waals surface area contributed by atoms with E-state index in [0.717, 1.165) is 15.7 Å². The third-order valence-corrected chi connectivity index (χ3v) is 5.05. The van der Waals surface area contributed by atoms with E-state index in [1.807, 2.05) is 25.1 Å². The van der Waals surface area contributed by atoms with Crippen molar-refractivity contribution < 1.29 is 4.79 Å². The van der Waals surface area contributed by atoms with E-state index < -0.39 is 0 Å². The molecule has 3 heteroatoms. The van der Waals surface area contributed by atoms with Gasteiger partial charge in [0.25, 0.3) is 0 Å². The average molecular weight is 310 g/mol. The predicted octanol–water partition coefficient (Wildman–Crippen LogP) is 4.38. The number of anilines is 1. The molecule has 2 nitrogen and oxygen atoms in total. The van der Waals surface area contributed by atoms with Gasteiger partial charge in [0.05, 0.1) is 0 Å². The summed E-state index contributed by atoms with van der Waals surface area (Å²) < 4.78 is 0.993. The Hall–Kier alpha value is -0.830. The number of nitrogens with one attached hydrogen (secondary N) is 1. The van der Waals surface area contributed by atoms with Crippen LogP contribution < -0.4 is 5.32 Å². The van der Waals surface area contributed by atoms with Crippen LogP contribution in [0.2, 0.25) is 0 Å². The number of halogens is 1. The Balaban J connectivity index is 2.14. The lowest BCUT2D eigenvalue weighted by molar-refractivity contribution is -0.118. The SMILES string of the molecule is Cc1cc(Br)cc(NC(=O)C2C(C)(C)C2(C)C)c1. The zero-order chi connectivity index (χ0) is 13.7. The lowest BCUT2D eigenvalue weighted by Crippen LogP contribution is -2.17. The molecule has 1 aromatic carbocycles. The molecule has 0 radical (unpaired) electrons. The van der Waals surface area contributed by atoms with Gasteiger partial charge in [0.2, 0.25) is 5.91 Å². The van der Waals surface area contributed by atoms with Gasteiger partial charge in [-0.1, -0.05) is 43.6 Å². The van der Waals surface area contributed by atoms with Crippen LogP contribution in [0.4, 0.5) is 5.69 Å². The highest BCUT2D eigenvalue weighted by atomic mass is 79.9. The summed E-state index contributed by atoms with van der Waals surface area (Å²) in [5, 5.41) is 3.03. The van der Waals surface area contributed by atoms with Crippen molar-refractivity contribution in [3.8, 4) is 0 Å². The Bertz CT molecular complexity index is 471. The van der Waals surface area contributed by atoms with Crippen molar-refractivity contribution in [2.24, 2.45) is 16.7 Å². The minimum absolute atomic E-state index is 0.0815. The average Bonchev–Trinajstić information content (AvgIpc) is 2.54. The Morgan fingerprint density at radius 2 is 1.72 bits per heavy atom. The van der Waals surface area contributed by atoms with Gasteiger partial charge in [0.15, 0.2) is 0 Å². The van der Waals surface area contributed by atoms with E-state index in [2.05, 4.69) is 48.9 Å². The zero-order valence-corrected chi connectivity index (χ0v) is 13.2. The van der Waals surface area contributed by atoms with Gasteiger partial charge in [0.1, 0.15) is 0 Å². The summed E-state index contributed by atoms with van der Waals surface area (Å²) >= 11 is 3.45. The topological polar surface area (TPSA) is 29.1 Å². The summed E-state index contributed by atoms with van der Waals surface area (Å²) in [5.41, 5.74) is 2.16. The van der Waals surface area contributed by atoms with Crippen molar-refractivity contribution in [1.29, 1.82) is 0 Å². The molecule has 0 aliphatic heterocycles. The first-order valence-corrected chi connectivity index (χ1v) is 7.03. The fourth-order valence-corrected chi connectivity index (χ4v) is 3.48. The Labute approximate surface area is 117 Å². The smallest absolute Gasteiger partial charge is 0.228 e. The van der Waals surface area contributed by atoms with Crippen LogP contribution in [0, 0.1) is 23.7 Å². The molecule has 1 amide bonds. The van der Waals surface area contributed by atoms with Crippen LogP contribution in [0.15, 0.2) is 22.7 Å². The third kappa shape index (κ3) is 2.09. The van der Waals surface area contributed by atoms with Crippen LogP contribution in [-0.4, -0.2) is 5.91 Å². The van der Waals surface area contributed by atoms with E-state index in [1.165, 1.54) is 0 Å². The van der Waals surface area contributed by atoms with E-state index in [4.69, 9.17) is 0 Å². The van der Waals surface area contributed by atoms with E-state index in [9.17, 15) is 4.79 Å². The Morgan fingerprint density at radius 3 is 2.17 bits per heavy atom. The summed E-state index contributed by atoms with van der Waals surface area (Å²) in [6, 6.07) is 5.96. The number of benzene rings is 1. The molecule has 1 N–H and O–H groups in total. The Kier molecular flexibility index (Phi) is 3.09. The molecule has 0 spiro atoms. The molecule has 0 atom stereocenters. The van der Waals surface area contributed by atoms with Crippen molar-refractivity contribution in [2.75, 3.05) is 5.32 Å². The molecule has 2 rings (SSSR count). The molecule has 18 heavy (non-hydrogen) atoms.